The standard InChI is InChI=1S/C27H46O4/c1-6-18-22-14-17(28)9-11-27(22,5)21-10-12-26(4)19(15(2)13-16(3)25(30)31)7-8-20(26)23(21)24(18)29/h15-24,28-29H,6-14H2,1-5H3,(H,30,31)/t15-,16+,17-,18-,19?,20?,21?,22+,23?,24?,26-,27-/m1/s1. The van der Waals surface area contributed by atoms with Crippen LogP contribution in [0.5, 0.6) is 0 Å². The van der Waals surface area contributed by atoms with Gasteiger partial charge in [-0.05, 0) is 104 Å². The van der Waals surface area contributed by atoms with Crippen molar-refractivity contribution in [2.75, 3.05) is 0 Å². The SMILES string of the molecule is CC[C@H]1C(O)C2C3CCC([C@H](C)C[C@H](C)C(=O)O)[C@@]3(C)CCC2[C@@]2(C)CC[C@@H](O)C[C@@H]12. The van der Waals surface area contributed by atoms with Gasteiger partial charge in [0.25, 0.3) is 0 Å². The van der Waals surface area contributed by atoms with E-state index in [1.54, 1.807) is 0 Å². The minimum Gasteiger partial charge on any atom is -0.481 e. The number of hydrogen-bond donors (Lipinski definition) is 3. The van der Waals surface area contributed by atoms with Crippen molar-refractivity contribution in [3.63, 3.8) is 0 Å². The number of fused-ring (bicyclic) bond motifs is 5. The lowest BCUT2D eigenvalue weighted by Crippen LogP contribution is -2.62. The fraction of sp³-hybridized carbons (Fsp3) is 0.963. The molecule has 0 radical (unpaired) electrons. The van der Waals surface area contributed by atoms with E-state index in [1.807, 2.05) is 6.92 Å². The van der Waals surface area contributed by atoms with Gasteiger partial charge in [0.1, 0.15) is 0 Å². The van der Waals surface area contributed by atoms with Gasteiger partial charge >= 0.3 is 5.97 Å². The summed E-state index contributed by atoms with van der Waals surface area (Å²) in [6.45, 7) is 11.3. The zero-order chi connectivity index (χ0) is 22.7. The molecular weight excluding hydrogens is 388 g/mol. The van der Waals surface area contributed by atoms with Crippen molar-refractivity contribution in [2.24, 2.45) is 58.2 Å². The van der Waals surface area contributed by atoms with Gasteiger partial charge in [-0.1, -0.05) is 41.0 Å². The minimum atomic E-state index is -0.679. The second-order valence-electron chi connectivity index (χ2n) is 12.6. The average molecular weight is 435 g/mol. The molecule has 0 spiro atoms. The Bertz CT molecular complexity index is 678. The van der Waals surface area contributed by atoms with Gasteiger partial charge in [0.2, 0.25) is 0 Å². The highest BCUT2D eigenvalue weighted by atomic mass is 16.4. The molecule has 4 heteroatoms. The van der Waals surface area contributed by atoms with Crippen LogP contribution in [0.3, 0.4) is 0 Å². The number of carbonyl (C=O) groups is 1. The summed E-state index contributed by atoms with van der Waals surface area (Å²) < 4.78 is 0. The zero-order valence-electron chi connectivity index (χ0n) is 20.4. The van der Waals surface area contributed by atoms with Gasteiger partial charge in [-0.15, -0.1) is 0 Å². The Kier molecular flexibility index (Phi) is 6.31. The number of carboxylic acids is 1. The number of aliphatic hydroxyl groups is 2. The van der Waals surface area contributed by atoms with E-state index in [1.165, 1.54) is 25.7 Å². The molecule has 3 N–H and O–H groups in total. The minimum absolute atomic E-state index is 0.197. The normalized spacial score (nSPS) is 51.3. The highest BCUT2D eigenvalue weighted by molar-refractivity contribution is 5.69. The molecule has 12 atom stereocenters. The van der Waals surface area contributed by atoms with Crippen LogP contribution < -0.4 is 0 Å². The highest BCUT2D eigenvalue weighted by Gasteiger charge is 2.64. The van der Waals surface area contributed by atoms with Crippen molar-refractivity contribution in [1.82, 2.24) is 0 Å². The Morgan fingerprint density at radius 2 is 1.61 bits per heavy atom. The third-order valence-electron chi connectivity index (χ3n) is 11.3. The van der Waals surface area contributed by atoms with Crippen molar-refractivity contribution >= 4 is 5.97 Å². The van der Waals surface area contributed by atoms with E-state index in [0.29, 0.717) is 41.4 Å². The number of rotatable bonds is 5. The number of aliphatic hydroxyl groups excluding tert-OH is 2. The molecule has 4 aliphatic rings. The topological polar surface area (TPSA) is 77.8 Å². The second-order valence-corrected chi connectivity index (χ2v) is 12.6. The third kappa shape index (κ3) is 3.59. The molecule has 5 unspecified atom stereocenters. The molecule has 4 saturated carbocycles. The fourth-order valence-electron chi connectivity index (χ4n) is 9.76. The van der Waals surface area contributed by atoms with Gasteiger partial charge in [0, 0.05) is 0 Å². The Hall–Kier alpha value is -0.610. The Morgan fingerprint density at radius 1 is 0.968 bits per heavy atom. The predicted molar refractivity (Wildman–Crippen MR) is 122 cm³/mol. The van der Waals surface area contributed by atoms with E-state index < -0.39 is 5.97 Å². The van der Waals surface area contributed by atoms with Crippen molar-refractivity contribution in [3.05, 3.63) is 0 Å². The maximum absolute atomic E-state index is 11.7. The molecule has 0 aromatic heterocycles. The zero-order valence-corrected chi connectivity index (χ0v) is 20.4. The van der Waals surface area contributed by atoms with Crippen molar-refractivity contribution in [3.8, 4) is 0 Å². The van der Waals surface area contributed by atoms with Crippen LogP contribution in [0.15, 0.2) is 0 Å². The van der Waals surface area contributed by atoms with Gasteiger partial charge in [-0.3, -0.25) is 4.79 Å². The number of hydrogen-bond acceptors (Lipinski definition) is 3. The molecule has 0 aromatic carbocycles. The van der Waals surface area contributed by atoms with Gasteiger partial charge in [0.15, 0.2) is 0 Å². The third-order valence-corrected chi connectivity index (χ3v) is 11.3. The molecular formula is C27H46O4. The maximum Gasteiger partial charge on any atom is 0.306 e. The van der Waals surface area contributed by atoms with E-state index >= 15 is 0 Å². The van der Waals surface area contributed by atoms with E-state index in [0.717, 1.165) is 32.1 Å². The summed E-state index contributed by atoms with van der Waals surface area (Å²) in [7, 11) is 0. The molecule has 4 fully saturated rings. The largest absolute Gasteiger partial charge is 0.481 e. The van der Waals surface area contributed by atoms with Crippen LogP contribution in [0.1, 0.15) is 92.4 Å². The summed E-state index contributed by atoms with van der Waals surface area (Å²) in [5, 5.41) is 31.6. The van der Waals surface area contributed by atoms with E-state index in [-0.39, 0.29) is 29.0 Å². The number of carboxylic acid groups (broad SMARTS) is 1. The van der Waals surface area contributed by atoms with Crippen molar-refractivity contribution in [2.45, 2.75) is 105 Å². The van der Waals surface area contributed by atoms with Crippen LogP contribution in [0, 0.1) is 58.2 Å². The lowest BCUT2D eigenvalue weighted by Gasteiger charge is -2.64. The molecule has 0 saturated heterocycles. The van der Waals surface area contributed by atoms with Crippen LogP contribution in [0.25, 0.3) is 0 Å². The molecule has 4 rings (SSSR count). The molecule has 178 valence electrons. The lowest BCUT2D eigenvalue weighted by molar-refractivity contribution is -0.203. The molecule has 0 amide bonds. The molecule has 4 aliphatic carbocycles. The molecule has 0 aromatic rings. The maximum atomic E-state index is 11.7. The first-order chi connectivity index (χ1) is 14.5. The van der Waals surface area contributed by atoms with Crippen LogP contribution >= 0.6 is 0 Å². The van der Waals surface area contributed by atoms with E-state index in [9.17, 15) is 20.1 Å². The van der Waals surface area contributed by atoms with Crippen LogP contribution in [0.2, 0.25) is 0 Å². The first-order valence-corrected chi connectivity index (χ1v) is 13.1. The molecule has 0 heterocycles. The Morgan fingerprint density at radius 3 is 2.26 bits per heavy atom. The average Bonchev–Trinajstić information content (AvgIpc) is 3.06. The molecule has 31 heavy (non-hydrogen) atoms. The summed E-state index contributed by atoms with van der Waals surface area (Å²) in [5.74, 6) is 2.23. The van der Waals surface area contributed by atoms with Crippen LogP contribution in [0.4, 0.5) is 0 Å². The van der Waals surface area contributed by atoms with Gasteiger partial charge < -0.3 is 15.3 Å². The molecule has 4 nitrogen and oxygen atoms in total. The smallest absolute Gasteiger partial charge is 0.306 e. The van der Waals surface area contributed by atoms with E-state index in [4.69, 9.17) is 0 Å². The predicted octanol–water partition coefficient (Wildman–Crippen LogP) is 5.36. The van der Waals surface area contributed by atoms with E-state index in [2.05, 4.69) is 27.7 Å². The van der Waals surface area contributed by atoms with Crippen molar-refractivity contribution < 1.29 is 20.1 Å². The summed E-state index contributed by atoms with van der Waals surface area (Å²) in [6, 6.07) is 0. The van der Waals surface area contributed by atoms with Crippen LogP contribution in [-0.4, -0.2) is 33.5 Å². The van der Waals surface area contributed by atoms with Gasteiger partial charge in [-0.25, -0.2) is 0 Å². The quantitative estimate of drug-likeness (QED) is 0.544. The summed E-state index contributed by atoms with van der Waals surface area (Å²) in [4.78, 5) is 11.5. The first-order valence-electron chi connectivity index (χ1n) is 13.1. The highest BCUT2D eigenvalue weighted by Crippen LogP contribution is 2.69. The Labute approximate surface area is 189 Å². The summed E-state index contributed by atoms with van der Waals surface area (Å²) >= 11 is 0. The van der Waals surface area contributed by atoms with Crippen molar-refractivity contribution in [1.29, 1.82) is 0 Å². The monoisotopic (exact) mass is 434 g/mol. The molecule has 0 aliphatic heterocycles. The summed E-state index contributed by atoms with van der Waals surface area (Å²) in [5.41, 5.74) is 0.460. The summed E-state index contributed by atoms with van der Waals surface area (Å²) in [6.07, 6.45) is 8.95. The van der Waals surface area contributed by atoms with Crippen LogP contribution in [-0.2, 0) is 4.79 Å². The lowest BCUT2D eigenvalue weighted by atomic mass is 9.41. The second kappa shape index (κ2) is 8.31. The Balaban J connectivity index is 1.61. The first kappa shape index (κ1) is 23.5. The fourth-order valence-corrected chi connectivity index (χ4v) is 9.76. The van der Waals surface area contributed by atoms with Gasteiger partial charge in [0.05, 0.1) is 18.1 Å². The van der Waals surface area contributed by atoms with Gasteiger partial charge in [-0.2, -0.15) is 0 Å². The molecule has 0 bridgehead atoms. The number of aliphatic carboxylic acids is 1.